The van der Waals surface area contributed by atoms with Gasteiger partial charge in [-0.2, -0.15) is 13.2 Å². The van der Waals surface area contributed by atoms with E-state index in [1.807, 2.05) is 20.8 Å². The van der Waals surface area contributed by atoms with Gasteiger partial charge in [-0.1, -0.05) is 44.0 Å². The monoisotopic (exact) mass is 453 g/mol. The maximum atomic E-state index is 13.0. The second-order valence-electron chi connectivity index (χ2n) is 7.57. The van der Waals surface area contributed by atoms with E-state index in [2.05, 4.69) is 15.6 Å². The first kappa shape index (κ1) is 23.3. The van der Waals surface area contributed by atoms with Gasteiger partial charge in [-0.05, 0) is 24.6 Å². The van der Waals surface area contributed by atoms with Gasteiger partial charge in [0.05, 0.1) is 28.5 Å². The highest BCUT2D eigenvalue weighted by Gasteiger charge is 2.51. The number of halogens is 5. The minimum atomic E-state index is -4.94. The van der Waals surface area contributed by atoms with E-state index in [9.17, 15) is 23.1 Å². The molecule has 0 fully saturated rings. The van der Waals surface area contributed by atoms with Crippen LogP contribution in [0.4, 0.5) is 23.7 Å². The second-order valence-corrected chi connectivity index (χ2v) is 8.39. The summed E-state index contributed by atoms with van der Waals surface area (Å²) < 4.78 is 44.5. The number of benzene rings is 1. The fraction of sp³-hybridized carbons (Fsp3) is 0.444. The number of rotatable bonds is 4. The van der Waals surface area contributed by atoms with Gasteiger partial charge < -0.3 is 20.2 Å². The Kier molecular flexibility index (Phi) is 6.46. The van der Waals surface area contributed by atoms with Gasteiger partial charge in [-0.25, -0.2) is 9.78 Å². The van der Waals surface area contributed by atoms with E-state index in [-0.39, 0.29) is 27.7 Å². The Labute approximate surface area is 175 Å². The first-order chi connectivity index (χ1) is 13.1. The topological polar surface area (TPSA) is 87.4 Å². The van der Waals surface area contributed by atoms with Crippen molar-refractivity contribution in [2.75, 3.05) is 5.32 Å². The molecule has 0 saturated heterocycles. The number of nitrogens with zero attached hydrogens (tertiary/aromatic N) is 1. The van der Waals surface area contributed by atoms with E-state index < -0.39 is 23.4 Å². The molecule has 0 aliphatic rings. The van der Waals surface area contributed by atoms with Crippen molar-refractivity contribution in [1.29, 1.82) is 0 Å². The van der Waals surface area contributed by atoms with Gasteiger partial charge in [0.1, 0.15) is 5.76 Å². The van der Waals surface area contributed by atoms with Gasteiger partial charge in [0.15, 0.2) is 11.5 Å². The number of hydrogen-bond acceptors (Lipinski definition) is 4. The molecule has 0 spiro atoms. The highest BCUT2D eigenvalue weighted by Crippen LogP contribution is 2.42. The third-order valence-corrected chi connectivity index (χ3v) is 4.61. The second kappa shape index (κ2) is 8.04. The SMILES string of the molecule is CC(C)(C)c1ncc(CNC(=O)Nc2c(Cl)cc(C(C)(O)C(F)(F)F)cc2Cl)o1. The molecule has 1 unspecified atom stereocenters. The zero-order valence-electron chi connectivity index (χ0n) is 16.0. The van der Waals surface area contributed by atoms with Crippen LogP contribution in [0.5, 0.6) is 0 Å². The van der Waals surface area contributed by atoms with Crippen molar-refractivity contribution in [3.8, 4) is 0 Å². The van der Waals surface area contributed by atoms with E-state index in [4.69, 9.17) is 27.6 Å². The first-order valence-electron chi connectivity index (χ1n) is 8.41. The Bertz CT molecular complexity index is 883. The van der Waals surface area contributed by atoms with Gasteiger partial charge in [0.2, 0.25) is 0 Å². The number of nitrogens with one attached hydrogen (secondary N) is 2. The molecule has 160 valence electrons. The third-order valence-electron chi connectivity index (χ3n) is 4.01. The normalized spacial score (nSPS) is 14.4. The fourth-order valence-corrected chi connectivity index (χ4v) is 2.78. The molecule has 29 heavy (non-hydrogen) atoms. The number of hydrogen-bond donors (Lipinski definition) is 3. The number of alkyl halides is 3. The van der Waals surface area contributed by atoms with E-state index in [0.717, 1.165) is 12.1 Å². The Balaban J connectivity index is 2.10. The first-order valence-corrected chi connectivity index (χ1v) is 9.17. The number of oxazole rings is 1. The van der Waals surface area contributed by atoms with Crippen LogP contribution in [0.3, 0.4) is 0 Å². The minimum Gasteiger partial charge on any atom is -0.443 e. The van der Waals surface area contributed by atoms with E-state index in [0.29, 0.717) is 18.6 Å². The summed E-state index contributed by atoms with van der Waals surface area (Å²) in [7, 11) is 0. The lowest BCUT2D eigenvalue weighted by atomic mass is 9.95. The fourth-order valence-electron chi connectivity index (χ4n) is 2.20. The molecule has 1 aromatic heterocycles. The predicted molar refractivity (Wildman–Crippen MR) is 103 cm³/mol. The van der Waals surface area contributed by atoms with Crippen LogP contribution < -0.4 is 10.6 Å². The summed E-state index contributed by atoms with van der Waals surface area (Å²) in [6.07, 6.45) is -3.45. The Hall–Kier alpha value is -1.97. The Morgan fingerprint density at radius 2 is 1.72 bits per heavy atom. The standard InChI is InChI=1S/C18H20Cl2F3N3O3/c1-16(2,3)14-24-7-10(29-14)8-25-15(27)26-13-11(19)5-9(6-12(13)20)17(4,28)18(21,22)23/h5-7,28H,8H2,1-4H3,(H2,25,26,27). The van der Waals surface area contributed by atoms with E-state index in [1.165, 1.54) is 6.20 Å². The summed E-state index contributed by atoms with van der Waals surface area (Å²) in [6.45, 7) is 6.37. The lowest BCUT2D eigenvalue weighted by Gasteiger charge is -2.27. The van der Waals surface area contributed by atoms with Crippen molar-refractivity contribution < 1.29 is 27.5 Å². The van der Waals surface area contributed by atoms with Crippen LogP contribution in [0.15, 0.2) is 22.7 Å². The lowest BCUT2D eigenvalue weighted by molar-refractivity contribution is -0.258. The molecule has 1 aromatic carbocycles. The molecule has 2 amide bonds. The number of amides is 2. The van der Waals surface area contributed by atoms with Crippen LogP contribution in [0.2, 0.25) is 10.0 Å². The quantitative estimate of drug-likeness (QED) is 0.580. The maximum absolute atomic E-state index is 13.0. The van der Waals surface area contributed by atoms with Crippen LogP contribution in [0, 0.1) is 0 Å². The molecule has 3 N–H and O–H groups in total. The summed E-state index contributed by atoms with van der Waals surface area (Å²) in [4.78, 5) is 16.2. The minimum absolute atomic E-state index is 0.0189. The van der Waals surface area contributed by atoms with Crippen LogP contribution in [0.25, 0.3) is 0 Å². The molecule has 0 saturated carbocycles. The van der Waals surface area contributed by atoms with Crippen molar-refractivity contribution in [2.45, 2.75) is 51.4 Å². The molecular formula is C18H20Cl2F3N3O3. The van der Waals surface area contributed by atoms with Crippen LogP contribution in [-0.2, 0) is 17.6 Å². The molecule has 0 radical (unpaired) electrons. The molecule has 0 aliphatic heterocycles. The molecular weight excluding hydrogens is 434 g/mol. The molecule has 2 aromatic rings. The summed E-state index contributed by atoms with van der Waals surface area (Å²) in [5.41, 5.74) is -4.10. The predicted octanol–water partition coefficient (Wildman–Crippen LogP) is 5.37. The van der Waals surface area contributed by atoms with E-state index in [1.54, 1.807) is 0 Å². The molecule has 0 bridgehead atoms. The van der Waals surface area contributed by atoms with Crippen molar-refractivity contribution in [1.82, 2.24) is 10.3 Å². The summed E-state index contributed by atoms with van der Waals surface area (Å²) in [6, 6.07) is 1.07. The van der Waals surface area contributed by atoms with Crippen LogP contribution in [0.1, 0.15) is 44.9 Å². The average Bonchev–Trinajstić information content (AvgIpc) is 3.04. The molecule has 6 nitrogen and oxygen atoms in total. The molecule has 2 rings (SSSR count). The highest BCUT2D eigenvalue weighted by molar-refractivity contribution is 6.39. The van der Waals surface area contributed by atoms with E-state index >= 15 is 0 Å². The van der Waals surface area contributed by atoms with Gasteiger partial charge >= 0.3 is 12.2 Å². The highest BCUT2D eigenvalue weighted by atomic mass is 35.5. The van der Waals surface area contributed by atoms with Crippen LogP contribution in [-0.4, -0.2) is 22.3 Å². The number of carbonyl (C=O) groups excluding carboxylic acids is 1. The van der Waals surface area contributed by atoms with Crippen LogP contribution >= 0.6 is 23.2 Å². The largest absolute Gasteiger partial charge is 0.443 e. The van der Waals surface area contributed by atoms with Gasteiger partial charge in [0, 0.05) is 5.41 Å². The number of aliphatic hydroxyl groups is 1. The smallest absolute Gasteiger partial charge is 0.421 e. The zero-order valence-corrected chi connectivity index (χ0v) is 17.6. The summed E-state index contributed by atoms with van der Waals surface area (Å²) >= 11 is 11.9. The number of anilines is 1. The Morgan fingerprint density at radius 3 is 2.17 bits per heavy atom. The van der Waals surface area contributed by atoms with Crippen molar-refractivity contribution in [3.63, 3.8) is 0 Å². The van der Waals surface area contributed by atoms with Crippen molar-refractivity contribution in [2.24, 2.45) is 0 Å². The maximum Gasteiger partial charge on any atom is 0.421 e. The lowest BCUT2D eigenvalue weighted by Crippen LogP contribution is -2.39. The molecule has 11 heteroatoms. The molecule has 1 heterocycles. The van der Waals surface area contributed by atoms with Crippen molar-refractivity contribution >= 4 is 34.9 Å². The number of urea groups is 1. The van der Waals surface area contributed by atoms with Crippen molar-refractivity contribution in [3.05, 3.63) is 45.6 Å². The zero-order chi connectivity index (χ0) is 22.2. The van der Waals surface area contributed by atoms with Gasteiger partial charge in [0.25, 0.3) is 0 Å². The molecule has 1 atom stereocenters. The molecule has 0 aliphatic carbocycles. The average molecular weight is 454 g/mol. The number of carbonyl (C=O) groups is 1. The number of aromatic nitrogens is 1. The third kappa shape index (κ3) is 5.34. The van der Waals surface area contributed by atoms with Gasteiger partial charge in [-0.3, -0.25) is 0 Å². The summed E-state index contributed by atoms with van der Waals surface area (Å²) in [5, 5.41) is 14.1. The summed E-state index contributed by atoms with van der Waals surface area (Å²) in [5.74, 6) is 0.923. The Morgan fingerprint density at radius 1 is 1.17 bits per heavy atom. The van der Waals surface area contributed by atoms with Gasteiger partial charge in [-0.15, -0.1) is 0 Å².